The van der Waals surface area contributed by atoms with Crippen LogP contribution < -0.4 is 5.32 Å². The van der Waals surface area contributed by atoms with Crippen LogP contribution in [-0.4, -0.2) is 16.0 Å². The zero-order chi connectivity index (χ0) is 17.6. The maximum Gasteiger partial charge on any atom is 0.253 e. The Balaban J connectivity index is 1.67. The SMILES string of the molecule is CC(NC(=O)C(O)c1ccccc1)c1ccc(-c2ccncc2)cc1. The van der Waals surface area contributed by atoms with Gasteiger partial charge in [-0.2, -0.15) is 0 Å². The predicted octanol–water partition coefficient (Wildman–Crippen LogP) is 3.66. The van der Waals surface area contributed by atoms with Crippen molar-refractivity contribution in [1.29, 1.82) is 0 Å². The predicted molar refractivity (Wildman–Crippen MR) is 97.6 cm³/mol. The highest BCUT2D eigenvalue weighted by atomic mass is 16.3. The Morgan fingerprint density at radius 2 is 1.48 bits per heavy atom. The summed E-state index contributed by atoms with van der Waals surface area (Å²) in [5.41, 5.74) is 3.75. The van der Waals surface area contributed by atoms with E-state index in [0.29, 0.717) is 5.56 Å². The van der Waals surface area contributed by atoms with Crippen molar-refractivity contribution >= 4 is 5.91 Å². The number of carbonyl (C=O) groups excluding carboxylic acids is 1. The van der Waals surface area contributed by atoms with Gasteiger partial charge in [-0.15, -0.1) is 0 Å². The number of rotatable bonds is 5. The first-order chi connectivity index (χ1) is 12.1. The molecular weight excluding hydrogens is 312 g/mol. The van der Waals surface area contributed by atoms with Gasteiger partial charge in [-0.25, -0.2) is 0 Å². The van der Waals surface area contributed by atoms with Crippen molar-refractivity contribution in [3.8, 4) is 11.1 Å². The molecule has 0 saturated carbocycles. The number of hydrogen-bond acceptors (Lipinski definition) is 3. The van der Waals surface area contributed by atoms with E-state index in [1.807, 2.05) is 49.4 Å². The lowest BCUT2D eigenvalue weighted by Crippen LogP contribution is -2.31. The highest BCUT2D eigenvalue weighted by molar-refractivity contribution is 5.82. The van der Waals surface area contributed by atoms with Crippen LogP contribution in [0.3, 0.4) is 0 Å². The summed E-state index contributed by atoms with van der Waals surface area (Å²) in [6, 6.07) is 20.6. The van der Waals surface area contributed by atoms with Crippen LogP contribution in [-0.2, 0) is 4.79 Å². The van der Waals surface area contributed by atoms with Crippen molar-refractivity contribution in [3.63, 3.8) is 0 Å². The quantitative estimate of drug-likeness (QED) is 0.749. The van der Waals surface area contributed by atoms with Gasteiger partial charge in [-0.3, -0.25) is 9.78 Å². The summed E-state index contributed by atoms with van der Waals surface area (Å²) in [6.45, 7) is 1.90. The van der Waals surface area contributed by atoms with Gasteiger partial charge in [-0.1, -0.05) is 54.6 Å². The maximum atomic E-state index is 12.2. The Morgan fingerprint density at radius 3 is 2.12 bits per heavy atom. The first kappa shape index (κ1) is 16.9. The van der Waals surface area contributed by atoms with E-state index in [-0.39, 0.29) is 6.04 Å². The summed E-state index contributed by atoms with van der Waals surface area (Å²) in [6.07, 6.45) is 2.36. The van der Waals surface area contributed by atoms with E-state index < -0.39 is 12.0 Å². The molecule has 0 bridgehead atoms. The van der Waals surface area contributed by atoms with Crippen molar-refractivity contribution in [1.82, 2.24) is 10.3 Å². The van der Waals surface area contributed by atoms with Crippen LogP contribution in [0.2, 0.25) is 0 Å². The Labute approximate surface area is 147 Å². The molecule has 4 heteroatoms. The second-order valence-electron chi connectivity index (χ2n) is 5.90. The molecule has 25 heavy (non-hydrogen) atoms. The maximum absolute atomic E-state index is 12.2. The molecule has 126 valence electrons. The lowest BCUT2D eigenvalue weighted by molar-refractivity contribution is -0.130. The van der Waals surface area contributed by atoms with Crippen molar-refractivity contribution in [2.45, 2.75) is 19.1 Å². The molecule has 0 saturated heterocycles. The Kier molecular flexibility index (Phi) is 5.21. The number of aliphatic hydroxyl groups excluding tert-OH is 1. The lowest BCUT2D eigenvalue weighted by atomic mass is 10.0. The molecular formula is C21H20N2O2. The first-order valence-electron chi connectivity index (χ1n) is 8.19. The zero-order valence-corrected chi connectivity index (χ0v) is 14.0. The average Bonchev–Trinajstić information content (AvgIpc) is 2.68. The normalized spacial score (nSPS) is 13.0. The molecule has 1 amide bonds. The monoisotopic (exact) mass is 332 g/mol. The highest BCUT2D eigenvalue weighted by Crippen LogP contribution is 2.22. The highest BCUT2D eigenvalue weighted by Gasteiger charge is 2.19. The van der Waals surface area contributed by atoms with Gasteiger partial charge in [-0.05, 0) is 41.3 Å². The van der Waals surface area contributed by atoms with Crippen LogP contribution in [0.15, 0.2) is 79.1 Å². The van der Waals surface area contributed by atoms with E-state index in [1.54, 1.807) is 36.7 Å². The van der Waals surface area contributed by atoms with E-state index in [0.717, 1.165) is 16.7 Å². The van der Waals surface area contributed by atoms with Crippen LogP contribution in [0.4, 0.5) is 0 Å². The summed E-state index contributed by atoms with van der Waals surface area (Å²) in [4.78, 5) is 16.3. The zero-order valence-electron chi connectivity index (χ0n) is 14.0. The summed E-state index contributed by atoms with van der Waals surface area (Å²) >= 11 is 0. The minimum atomic E-state index is -1.17. The third-order valence-corrected chi connectivity index (χ3v) is 4.15. The Hall–Kier alpha value is -2.98. The van der Waals surface area contributed by atoms with E-state index in [9.17, 15) is 9.90 Å². The molecule has 2 atom stereocenters. The number of amides is 1. The largest absolute Gasteiger partial charge is 0.378 e. The third-order valence-electron chi connectivity index (χ3n) is 4.15. The van der Waals surface area contributed by atoms with Crippen molar-refractivity contribution in [2.24, 2.45) is 0 Å². The summed E-state index contributed by atoms with van der Waals surface area (Å²) in [7, 11) is 0. The number of carbonyl (C=O) groups is 1. The number of aliphatic hydroxyl groups is 1. The van der Waals surface area contributed by atoms with Gasteiger partial charge in [0, 0.05) is 12.4 Å². The number of aromatic nitrogens is 1. The van der Waals surface area contributed by atoms with Gasteiger partial charge >= 0.3 is 0 Å². The average molecular weight is 332 g/mol. The smallest absolute Gasteiger partial charge is 0.253 e. The van der Waals surface area contributed by atoms with Gasteiger partial charge < -0.3 is 10.4 Å². The molecule has 4 nitrogen and oxygen atoms in total. The van der Waals surface area contributed by atoms with Crippen LogP contribution in [0, 0.1) is 0 Å². The van der Waals surface area contributed by atoms with Gasteiger partial charge in [0.15, 0.2) is 6.10 Å². The number of benzene rings is 2. The molecule has 2 aromatic carbocycles. The molecule has 0 fully saturated rings. The van der Waals surface area contributed by atoms with E-state index in [2.05, 4.69) is 10.3 Å². The molecule has 2 unspecified atom stereocenters. The summed E-state index contributed by atoms with van der Waals surface area (Å²) < 4.78 is 0. The second kappa shape index (κ2) is 7.73. The molecule has 1 aromatic heterocycles. The van der Waals surface area contributed by atoms with Gasteiger partial charge in [0.2, 0.25) is 0 Å². The minimum Gasteiger partial charge on any atom is -0.378 e. The van der Waals surface area contributed by atoms with Crippen LogP contribution in [0.5, 0.6) is 0 Å². The molecule has 3 rings (SSSR count). The molecule has 0 spiro atoms. The van der Waals surface area contributed by atoms with E-state index in [4.69, 9.17) is 0 Å². The second-order valence-corrected chi connectivity index (χ2v) is 5.90. The van der Waals surface area contributed by atoms with Crippen molar-refractivity contribution in [3.05, 3.63) is 90.3 Å². The topological polar surface area (TPSA) is 62.2 Å². The Morgan fingerprint density at radius 1 is 0.880 bits per heavy atom. The van der Waals surface area contributed by atoms with Crippen molar-refractivity contribution in [2.75, 3.05) is 0 Å². The fourth-order valence-electron chi connectivity index (χ4n) is 2.67. The van der Waals surface area contributed by atoms with Crippen molar-refractivity contribution < 1.29 is 9.90 Å². The number of nitrogens with one attached hydrogen (secondary N) is 1. The van der Waals surface area contributed by atoms with Gasteiger partial charge in [0.05, 0.1) is 6.04 Å². The van der Waals surface area contributed by atoms with Crippen LogP contribution in [0.25, 0.3) is 11.1 Å². The lowest BCUT2D eigenvalue weighted by Gasteiger charge is -2.18. The van der Waals surface area contributed by atoms with Gasteiger partial charge in [0.25, 0.3) is 5.91 Å². The van der Waals surface area contributed by atoms with E-state index in [1.165, 1.54) is 0 Å². The molecule has 0 aliphatic carbocycles. The molecule has 3 aromatic rings. The van der Waals surface area contributed by atoms with Crippen LogP contribution in [0.1, 0.15) is 30.2 Å². The standard InChI is InChI=1S/C21H20N2O2/c1-15(23-21(25)20(24)19-5-3-2-4-6-19)16-7-9-17(10-8-16)18-11-13-22-14-12-18/h2-15,20,24H,1H3,(H,23,25). The summed E-state index contributed by atoms with van der Waals surface area (Å²) in [5, 5.41) is 13.0. The molecule has 2 N–H and O–H groups in total. The van der Waals surface area contributed by atoms with E-state index >= 15 is 0 Å². The van der Waals surface area contributed by atoms with Crippen LogP contribution >= 0.6 is 0 Å². The third kappa shape index (κ3) is 4.11. The van der Waals surface area contributed by atoms with Gasteiger partial charge in [0.1, 0.15) is 0 Å². The number of hydrogen-bond donors (Lipinski definition) is 2. The number of pyridine rings is 1. The fraction of sp³-hybridized carbons (Fsp3) is 0.143. The first-order valence-corrected chi connectivity index (χ1v) is 8.19. The molecule has 0 radical (unpaired) electrons. The number of nitrogens with zero attached hydrogens (tertiary/aromatic N) is 1. The molecule has 0 aliphatic heterocycles. The molecule has 1 heterocycles. The molecule has 0 aliphatic rings. The fourth-order valence-corrected chi connectivity index (χ4v) is 2.67. The minimum absolute atomic E-state index is 0.197. The Bertz CT molecular complexity index is 818. The summed E-state index contributed by atoms with van der Waals surface area (Å²) in [5.74, 6) is -0.406.